The van der Waals surface area contributed by atoms with Crippen molar-refractivity contribution in [3.05, 3.63) is 143 Å². The smallest absolute Gasteiger partial charge is 0.255 e. The van der Waals surface area contributed by atoms with E-state index in [-0.39, 0.29) is 23.4 Å². The maximum atomic E-state index is 13.1. The first-order valence-corrected chi connectivity index (χ1v) is 20.3. The average molecular weight is 783 g/mol. The molecule has 8 rings (SSSR count). The van der Waals surface area contributed by atoms with Crippen LogP contribution in [0.2, 0.25) is 0 Å². The number of hydrogen-bond donors (Lipinski definition) is 4. The summed E-state index contributed by atoms with van der Waals surface area (Å²) < 4.78 is 26.2. The minimum absolute atomic E-state index is 0.245. The zero-order valence-electron chi connectivity index (χ0n) is 33.5. The Morgan fingerprint density at radius 3 is 1.55 bits per heavy atom. The van der Waals surface area contributed by atoms with Crippen LogP contribution in [0.5, 0.6) is 0 Å². The molecular weight excluding hydrogens is 731 g/mol. The molecule has 0 saturated heterocycles. The third-order valence-electron chi connectivity index (χ3n) is 10.8. The lowest BCUT2D eigenvalue weighted by molar-refractivity contribution is 0.101. The number of halogens is 2. The van der Waals surface area contributed by atoms with Crippen LogP contribution in [0.25, 0.3) is 33.0 Å². The van der Waals surface area contributed by atoms with Gasteiger partial charge >= 0.3 is 0 Å². The first kappa shape index (κ1) is 40.4. The molecule has 0 spiro atoms. The molecule has 4 N–H and O–H groups in total. The highest BCUT2D eigenvalue weighted by atomic mass is 19.1. The van der Waals surface area contributed by atoms with Gasteiger partial charge in [0.15, 0.2) is 0 Å². The molecule has 2 aromatic heterocycles. The Labute approximate surface area is 339 Å². The molecule has 6 aromatic rings. The fourth-order valence-electron chi connectivity index (χ4n) is 7.72. The summed E-state index contributed by atoms with van der Waals surface area (Å²) in [5, 5.41) is 8.04. The second kappa shape index (κ2) is 18.6. The van der Waals surface area contributed by atoms with Crippen LogP contribution in [-0.2, 0) is 0 Å². The van der Waals surface area contributed by atoms with E-state index in [4.69, 9.17) is 0 Å². The van der Waals surface area contributed by atoms with Crippen LogP contribution in [0.4, 0.5) is 20.2 Å². The van der Waals surface area contributed by atoms with Crippen molar-refractivity contribution in [2.45, 2.75) is 46.5 Å². The van der Waals surface area contributed by atoms with Gasteiger partial charge in [-0.15, -0.1) is 0 Å². The number of aromatic nitrogens is 2. The molecular formula is C48H52F2N6O2. The Morgan fingerprint density at radius 1 is 0.672 bits per heavy atom. The molecule has 0 atom stereocenters. The number of carbonyl (C=O) groups excluding carboxylic acids is 2. The summed E-state index contributed by atoms with van der Waals surface area (Å²) in [7, 11) is 0. The van der Waals surface area contributed by atoms with Crippen molar-refractivity contribution in [2.75, 3.05) is 49.9 Å². The number of benzene rings is 4. The van der Waals surface area contributed by atoms with Crippen LogP contribution in [0.1, 0.15) is 78.3 Å². The number of aromatic amines is 2. The van der Waals surface area contributed by atoms with Crippen molar-refractivity contribution in [1.29, 1.82) is 0 Å². The fourth-order valence-corrected chi connectivity index (χ4v) is 7.72. The number of unbranched alkanes of at least 4 members (excludes halogenated alkanes) is 1. The summed E-state index contributed by atoms with van der Waals surface area (Å²) >= 11 is 0. The standard InChI is InChI=1S/2C24H26FN3O/c1-16(2)15-28-11-9-17(10-12-28)22-14-26-23-8-7-20(13-21(22)23)27-24(29)18-3-5-19(25)6-4-18;1-2-3-12-28-13-10-17(11-14-28)22-16-26-23-9-8-20(15-21(22)23)27-24(29)18-4-6-19(25)7-5-18/h3-9,13-14,16,26H,10-12,15H2,1-2H3,(H,27,29);4-10,15-16,26H,2-3,11-14H2,1H3,(H,27,29). The van der Waals surface area contributed by atoms with Crippen LogP contribution in [0.3, 0.4) is 0 Å². The second-order valence-corrected chi connectivity index (χ2v) is 15.6. The van der Waals surface area contributed by atoms with Gasteiger partial charge in [0.25, 0.3) is 11.8 Å². The topological polar surface area (TPSA) is 96.3 Å². The molecule has 0 aliphatic carbocycles. The summed E-state index contributed by atoms with van der Waals surface area (Å²) in [6, 6.07) is 22.9. The number of carbonyl (C=O) groups is 2. The van der Waals surface area contributed by atoms with Gasteiger partial charge in [0.1, 0.15) is 11.6 Å². The number of nitrogens with zero attached hydrogens (tertiary/aromatic N) is 2. The molecule has 10 heteroatoms. The van der Waals surface area contributed by atoms with Crippen molar-refractivity contribution in [3.8, 4) is 0 Å². The number of amides is 2. The normalized spacial score (nSPS) is 14.9. The van der Waals surface area contributed by atoms with E-state index in [9.17, 15) is 18.4 Å². The summed E-state index contributed by atoms with van der Waals surface area (Å²) in [4.78, 5) is 36.6. The van der Waals surface area contributed by atoms with Gasteiger partial charge in [0, 0.05) is 101 Å². The molecule has 0 radical (unpaired) electrons. The minimum atomic E-state index is -0.354. The van der Waals surface area contributed by atoms with E-state index in [1.165, 1.54) is 83.6 Å². The van der Waals surface area contributed by atoms with Crippen molar-refractivity contribution in [1.82, 2.24) is 19.8 Å². The van der Waals surface area contributed by atoms with E-state index in [1.807, 2.05) is 36.4 Å². The van der Waals surface area contributed by atoms with Gasteiger partial charge in [-0.1, -0.05) is 39.3 Å². The van der Waals surface area contributed by atoms with E-state index in [1.54, 1.807) is 0 Å². The number of fused-ring (bicyclic) bond motifs is 2. The van der Waals surface area contributed by atoms with E-state index < -0.39 is 0 Å². The number of hydrogen-bond acceptors (Lipinski definition) is 4. The Morgan fingerprint density at radius 2 is 1.14 bits per heavy atom. The van der Waals surface area contributed by atoms with Gasteiger partial charge in [0.2, 0.25) is 0 Å². The van der Waals surface area contributed by atoms with Crippen LogP contribution in [-0.4, -0.2) is 70.9 Å². The van der Waals surface area contributed by atoms with Gasteiger partial charge < -0.3 is 20.6 Å². The van der Waals surface area contributed by atoms with Gasteiger partial charge in [0.05, 0.1) is 0 Å². The van der Waals surface area contributed by atoms with Crippen LogP contribution in [0.15, 0.2) is 109 Å². The molecule has 4 heterocycles. The van der Waals surface area contributed by atoms with E-state index in [2.05, 4.69) is 75.7 Å². The largest absolute Gasteiger partial charge is 0.361 e. The Hall–Kier alpha value is -5.84. The molecule has 300 valence electrons. The van der Waals surface area contributed by atoms with Gasteiger partial charge in [-0.05, 0) is 128 Å². The molecule has 4 aromatic carbocycles. The maximum absolute atomic E-state index is 13.1. The minimum Gasteiger partial charge on any atom is -0.361 e. The average Bonchev–Trinajstić information content (AvgIpc) is 3.85. The molecule has 2 aliphatic heterocycles. The molecule has 2 amide bonds. The molecule has 0 saturated carbocycles. The van der Waals surface area contributed by atoms with Crippen molar-refractivity contribution in [2.24, 2.45) is 5.92 Å². The first-order valence-electron chi connectivity index (χ1n) is 20.3. The van der Waals surface area contributed by atoms with Crippen LogP contribution < -0.4 is 10.6 Å². The number of rotatable bonds is 11. The lowest BCUT2D eigenvalue weighted by Gasteiger charge is -2.27. The maximum Gasteiger partial charge on any atom is 0.255 e. The molecule has 8 nitrogen and oxygen atoms in total. The van der Waals surface area contributed by atoms with Gasteiger partial charge in [-0.3, -0.25) is 19.4 Å². The Kier molecular flexibility index (Phi) is 13.0. The third-order valence-corrected chi connectivity index (χ3v) is 10.8. The molecule has 2 aliphatic rings. The second-order valence-electron chi connectivity index (χ2n) is 15.6. The highest BCUT2D eigenvalue weighted by Crippen LogP contribution is 2.33. The zero-order chi connectivity index (χ0) is 40.6. The molecule has 0 bridgehead atoms. The highest BCUT2D eigenvalue weighted by Gasteiger charge is 2.18. The lowest BCUT2D eigenvalue weighted by atomic mass is 9.98. The van der Waals surface area contributed by atoms with Crippen LogP contribution >= 0.6 is 0 Å². The summed E-state index contributed by atoms with van der Waals surface area (Å²) in [6.07, 6.45) is 13.3. The summed E-state index contributed by atoms with van der Waals surface area (Å²) in [5.41, 5.74) is 9.52. The van der Waals surface area contributed by atoms with Gasteiger partial charge in [-0.25, -0.2) is 8.78 Å². The quantitative estimate of drug-likeness (QED) is 0.105. The Bertz CT molecular complexity index is 2430. The van der Waals surface area contributed by atoms with E-state index in [0.717, 1.165) is 85.3 Å². The molecule has 0 fully saturated rings. The lowest BCUT2D eigenvalue weighted by Crippen LogP contribution is -2.31. The zero-order valence-corrected chi connectivity index (χ0v) is 33.5. The molecule has 0 unspecified atom stereocenters. The summed E-state index contributed by atoms with van der Waals surface area (Å²) in [5.74, 6) is -0.528. The summed E-state index contributed by atoms with van der Waals surface area (Å²) in [6.45, 7) is 13.1. The number of nitrogens with one attached hydrogen (secondary N) is 4. The van der Waals surface area contributed by atoms with Crippen molar-refractivity contribution < 1.29 is 18.4 Å². The Balaban J connectivity index is 0.000000177. The van der Waals surface area contributed by atoms with Crippen LogP contribution in [0, 0.1) is 17.6 Å². The number of H-pyrrole nitrogens is 2. The highest BCUT2D eigenvalue weighted by molar-refractivity contribution is 6.07. The monoisotopic (exact) mass is 782 g/mol. The number of anilines is 2. The van der Waals surface area contributed by atoms with Gasteiger partial charge in [-0.2, -0.15) is 0 Å². The fraction of sp³-hybridized carbons (Fsp3) is 0.292. The first-order chi connectivity index (χ1) is 28.1. The SMILES string of the molecule is CC(C)CN1CC=C(c2c[nH]c3ccc(NC(=O)c4ccc(F)cc4)cc23)CC1.CCCCN1CC=C(c2c[nH]c3ccc(NC(=O)c4ccc(F)cc4)cc23)CC1. The predicted octanol–water partition coefficient (Wildman–Crippen LogP) is 10.8. The van der Waals surface area contributed by atoms with Crippen molar-refractivity contribution in [3.63, 3.8) is 0 Å². The van der Waals surface area contributed by atoms with E-state index >= 15 is 0 Å². The van der Waals surface area contributed by atoms with Crippen molar-refractivity contribution >= 4 is 56.1 Å². The predicted molar refractivity (Wildman–Crippen MR) is 233 cm³/mol. The molecule has 58 heavy (non-hydrogen) atoms. The van der Waals surface area contributed by atoms with E-state index in [0.29, 0.717) is 17.0 Å². The third kappa shape index (κ3) is 9.99.